The molecule has 88 valence electrons. The number of esters is 1. The molecule has 0 aliphatic carbocycles. The smallest absolute Gasteiger partial charge is 0.341 e. The molecule has 0 fully saturated rings. The largest absolute Gasteiger partial charge is 0.459 e. The van der Waals surface area contributed by atoms with Crippen LogP contribution in [0.2, 0.25) is 0 Å². The van der Waals surface area contributed by atoms with Gasteiger partial charge < -0.3 is 4.74 Å². The first-order valence-corrected chi connectivity index (χ1v) is 4.81. The van der Waals surface area contributed by atoms with E-state index in [0.717, 1.165) is 6.07 Å². The molecule has 1 aromatic rings. The zero-order chi connectivity index (χ0) is 12.3. The van der Waals surface area contributed by atoms with Crippen LogP contribution in [0.15, 0.2) is 12.1 Å². The van der Waals surface area contributed by atoms with Crippen LogP contribution < -0.4 is 0 Å². The molecule has 0 saturated carbocycles. The molecule has 0 bridgehead atoms. The molecular formula is C11H11F3O2. The van der Waals surface area contributed by atoms with Crippen LogP contribution in [0.5, 0.6) is 0 Å². The first kappa shape index (κ1) is 12.5. The van der Waals surface area contributed by atoms with Crippen molar-refractivity contribution in [2.24, 2.45) is 0 Å². The van der Waals surface area contributed by atoms with Gasteiger partial charge in [0.15, 0.2) is 17.5 Å². The van der Waals surface area contributed by atoms with Crippen molar-refractivity contribution in [3.05, 3.63) is 35.1 Å². The summed E-state index contributed by atoms with van der Waals surface area (Å²) in [6.07, 6.45) is 0.150. The Bertz CT molecular complexity index is 404. The Balaban J connectivity index is 2.97. The van der Waals surface area contributed by atoms with Crippen LogP contribution in [0.3, 0.4) is 0 Å². The molecule has 1 rings (SSSR count). The molecule has 0 aliphatic rings. The monoisotopic (exact) mass is 232 g/mol. The Morgan fingerprint density at radius 1 is 1.31 bits per heavy atom. The van der Waals surface area contributed by atoms with E-state index in [0.29, 0.717) is 12.5 Å². The van der Waals surface area contributed by atoms with Crippen molar-refractivity contribution in [2.75, 3.05) is 0 Å². The van der Waals surface area contributed by atoms with Crippen LogP contribution in [-0.4, -0.2) is 12.1 Å². The first-order chi connectivity index (χ1) is 7.47. The van der Waals surface area contributed by atoms with E-state index < -0.39 is 35.1 Å². The SMILES string of the molecule is CCC(C)OC(=O)c1ccc(F)c(F)c1F. The highest BCUT2D eigenvalue weighted by atomic mass is 19.2. The Morgan fingerprint density at radius 2 is 1.94 bits per heavy atom. The Hall–Kier alpha value is -1.52. The standard InChI is InChI=1S/C11H11F3O2/c1-3-6(2)16-11(15)7-4-5-8(12)10(14)9(7)13/h4-6H,3H2,1-2H3. The van der Waals surface area contributed by atoms with Crippen LogP contribution in [-0.2, 0) is 4.74 Å². The lowest BCUT2D eigenvalue weighted by Crippen LogP contribution is -2.16. The highest BCUT2D eigenvalue weighted by molar-refractivity contribution is 5.89. The summed E-state index contributed by atoms with van der Waals surface area (Å²) < 4.78 is 43.3. The summed E-state index contributed by atoms with van der Waals surface area (Å²) in [6, 6.07) is 1.55. The van der Waals surface area contributed by atoms with Crippen LogP contribution in [0, 0.1) is 17.5 Å². The zero-order valence-corrected chi connectivity index (χ0v) is 8.89. The van der Waals surface area contributed by atoms with Crippen molar-refractivity contribution < 1.29 is 22.7 Å². The average molecular weight is 232 g/mol. The summed E-state index contributed by atoms with van der Waals surface area (Å²) in [4.78, 5) is 11.3. The molecule has 5 heteroatoms. The average Bonchev–Trinajstić information content (AvgIpc) is 2.25. The summed E-state index contributed by atoms with van der Waals surface area (Å²) in [5.74, 6) is -5.52. The molecule has 2 nitrogen and oxygen atoms in total. The molecule has 0 aliphatic heterocycles. The van der Waals surface area contributed by atoms with Crippen molar-refractivity contribution in [2.45, 2.75) is 26.4 Å². The Kier molecular flexibility index (Phi) is 3.93. The minimum absolute atomic E-state index is 0.403. The number of benzene rings is 1. The molecule has 1 unspecified atom stereocenters. The van der Waals surface area contributed by atoms with Gasteiger partial charge in [0.05, 0.1) is 11.7 Å². The molecule has 0 radical (unpaired) electrons. The zero-order valence-electron chi connectivity index (χ0n) is 8.89. The lowest BCUT2D eigenvalue weighted by molar-refractivity contribution is 0.0328. The van der Waals surface area contributed by atoms with Gasteiger partial charge in [0.1, 0.15) is 0 Å². The van der Waals surface area contributed by atoms with Gasteiger partial charge in [0.25, 0.3) is 0 Å². The van der Waals surface area contributed by atoms with E-state index in [1.807, 2.05) is 0 Å². The fraction of sp³-hybridized carbons (Fsp3) is 0.364. The fourth-order valence-corrected chi connectivity index (χ4v) is 1.01. The van der Waals surface area contributed by atoms with E-state index >= 15 is 0 Å². The lowest BCUT2D eigenvalue weighted by Gasteiger charge is -2.11. The predicted octanol–water partition coefficient (Wildman–Crippen LogP) is 3.06. The van der Waals surface area contributed by atoms with Gasteiger partial charge in [-0.25, -0.2) is 18.0 Å². The number of carbonyl (C=O) groups excluding carboxylic acids is 1. The normalized spacial score (nSPS) is 12.3. The number of halogens is 3. The van der Waals surface area contributed by atoms with Gasteiger partial charge in [0, 0.05) is 0 Å². The minimum Gasteiger partial charge on any atom is -0.459 e. The highest BCUT2D eigenvalue weighted by Gasteiger charge is 2.20. The second kappa shape index (κ2) is 5.01. The van der Waals surface area contributed by atoms with Crippen LogP contribution in [0.1, 0.15) is 30.6 Å². The van der Waals surface area contributed by atoms with Gasteiger partial charge in [-0.15, -0.1) is 0 Å². The topological polar surface area (TPSA) is 26.3 Å². The fourth-order valence-electron chi connectivity index (χ4n) is 1.01. The minimum atomic E-state index is -1.67. The third-order valence-corrected chi connectivity index (χ3v) is 2.14. The van der Waals surface area contributed by atoms with Crippen LogP contribution in [0.4, 0.5) is 13.2 Å². The highest BCUT2D eigenvalue weighted by Crippen LogP contribution is 2.16. The summed E-state index contributed by atoms with van der Waals surface area (Å²) in [7, 11) is 0. The molecule has 16 heavy (non-hydrogen) atoms. The van der Waals surface area contributed by atoms with Crippen molar-refractivity contribution in [3.8, 4) is 0 Å². The maximum Gasteiger partial charge on any atom is 0.341 e. The van der Waals surface area contributed by atoms with Gasteiger partial charge in [0.2, 0.25) is 0 Å². The molecule has 0 saturated heterocycles. The third-order valence-electron chi connectivity index (χ3n) is 2.14. The second-order valence-electron chi connectivity index (χ2n) is 3.35. The summed E-state index contributed by atoms with van der Waals surface area (Å²) in [5, 5.41) is 0. The van der Waals surface area contributed by atoms with Crippen molar-refractivity contribution in [1.82, 2.24) is 0 Å². The molecule has 1 aromatic carbocycles. The van der Waals surface area contributed by atoms with Crippen molar-refractivity contribution >= 4 is 5.97 Å². The number of carbonyl (C=O) groups is 1. The Morgan fingerprint density at radius 3 is 2.50 bits per heavy atom. The van der Waals surface area contributed by atoms with Gasteiger partial charge in [-0.05, 0) is 25.5 Å². The molecule has 0 heterocycles. The quantitative estimate of drug-likeness (QED) is 0.591. The van der Waals surface area contributed by atoms with E-state index in [2.05, 4.69) is 0 Å². The summed E-state index contributed by atoms with van der Waals surface area (Å²) >= 11 is 0. The van der Waals surface area contributed by atoms with Crippen LogP contribution in [0.25, 0.3) is 0 Å². The van der Waals surface area contributed by atoms with E-state index in [-0.39, 0.29) is 0 Å². The molecule has 0 N–H and O–H groups in total. The number of rotatable bonds is 3. The van der Waals surface area contributed by atoms with Crippen molar-refractivity contribution in [3.63, 3.8) is 0 Å². The molecule has 0 spiro atoms. The summed E-state index contributed by atoms with van der Waals surface area (Å²) in [5.41, 5.74) is -0.598. The maximum atomic E-state index is 13.2. The molecular weight excluding hydrogens is 221 g/mol. The van der Waals surface area contributed by atoms with Gasteiger partial charge in [-0.3, -0.25) is 0 Å². The lowest BCUT2D eigenvalue weighted by atomic mass is 10.2. The third kappa shape index (κ3) is 2.53. The van der Waals surface area contributed by atoms with Gasteiger partial charge in [-0.2, -0.15) is 0 Å². The van der Waals surface area contributed by atoms with Gasteiger partial charge in [-0.1, -0.05) is 6.92 Å². The van der Waals surface area contributed by atoms with Gasteiger partial charge >= 0.3 is 5.97 Å². The maximum absolute atomic E-state index is 13.2. The number of hydrogen-bond donors (Lipinski definition) is 0. The Labute approximate surface area is 91.0 Å². The summed E-state index contributed by atoms with van der Waals surface area (Å²) in [6.45, 7) is 3.40. The van der Waals surface area contributed by atoms with Crippen LogP contribution >= 0.6 is 0 Å². The predicted molar refractivity (Wildman–Crippen MR) is 51.5 cm³/mol. The second-order valence-corrected chi connectivity index (χ2v) is 3.35. The van der Waals surface area contributed by atoms with E-state index in [1.54, 1.807) is 13.8 Å². The van der Waals surface area contributed by atoms with Crippen molar-refractivity contribution in [1.29, 1.82) is 0 Å². The van der Waals surface area contributed by atoms with E-state index in [9.17, 15) is 18.0 Å². The number of hydrogen-bond acceptors (Lipinski definition) is 2. The van der Waals surface area contributed by atoms with E-state index in [1.165, 1.54) is 0 Å². The molecule has 0 aromatic heterocycles. The molecule has 0 amide bonds. The van der Waals surface area contributed by atoms with E-state index in [4.69, 9.17) is 4.74 Å². The first-order valence-electron chi connectivity index (χ1n) is 4.81. The number of ether oxygens (including phenoxy) is 1. The molecule has 1 atom stereocenters.